The van der Waals surface area contributed by atoms with Crippen LogP contribution in [-0.4, -0.2) is 5.25 Å². The van der Waals surface area contributed by atoms with E-state index in [-0.39, 0.29) is 0 Å². The van der Waals surface area contributed by atoms with Gasteiger partial charge >= 0.3 is 0 Å². The normalized spacial score (nSPS) is 22.2. The van der Waals surface area contributed by atoms with Crippen LogP contribution in [0.2, 0.25) is 0 Å². The summed E-state index contributed by atoms with van der Waals surface area (Å²) < 4.78 is 1.25. The first-order chi connectivity index (χ1) is 14.1. The van der Waals surface area contributed by atoms with E-state index in [1.807, 2.05) is 11.8 Å². The molecule has 0 N–H and O–H groups in total. The van der Waals surface area contributed by atoms with Gasteiger partial charge in [0.15, 0.2) is 0 Å². The number of hydrogen-bond donors (Lipinski definition) is 0. The number of hydrogen-bond acceptors (Lipinski definition) is 1. The smallest absolute Gasteiger partial charge is 0.0542 e. The molecule has 0 saturated heterocycles. The van der Waals surface area contributed by atoms with Gasteiger partial charge in [-0.05, 0) is 98.0 Å². The largest absolute Gasteiger partial charge is 0.106 e. The van der Waals surface area contributed by atoms with Gasteiger partial charge < -0.3 is 0 Å². The lowest BCUT2D eigenvalue weighted by Gasteiger charge is -2.24. The standard InChI is InChI=1S/C27H21BrS/c1-15-11-22-16(2)23-14-27(28)29-26(23)13-25(22)21(15)12-24-19-9-5-3-7-17(19)18-8-4-6-10-20(18)24/h3-11,13-14,24,26H,12H2,1-2H3. The molecular formula is C27H21BrS. The molecule has 1 atom stereocenters. The van der Waals surface area contributed by atoms with Crippen molar-refractivity contribution in [2.75, 3.05) is 0 Å². The molecule has 0 nitrogen and oxygen atoms in total. The highest BCUT2D eigenvalue weighted by molar-refractivity contribution is 9.14. The highest BCUT2D eigenvalue weighted by Gasteiger charge is 2.35. The Morgan fingerprint density at radius 2 is 1.52 bits per heavy atom. The van der Waals surface area contributed by atoms with Gasteiger partial charge in [-0.25, -0.2) is 0 Å². The zero-order valence-electron chi connectivity index (χ0n) is 16.5. The van der Waals surface area contributed by atoms with Crippen LogP contribution in [0.1, 0.15) is 37.3 Å². The first-order valence-electron chi connectivity index (χ1n) is 10.2. The lowest BCUT2D eigenvalue weighted by molar-refractivity contribution is 0.820. The predicted octanol–water partition coefficient (Wildman–Crippen LogP) is 8.05. The Bertz CT molecular complexity index is 1190. The molecule has 0 amide bonds. The first-order valence-corrected chi connectivity index (χ1v) is 11.9. The van der Waals surface area contributed by atoms with E-state index in [2.05, 4.69) is 96.5 Å². The second-order valence-corrected chi connectivity index (χ2v) is 10.9. The Balaban J connectivity index is 1.42. The first kappa shape index (κ1) is 17.8. The van der Waals surface area contributed by atoms with Crippen LogP contribution in [0.4, 0.5) is 0 Å². The van der Waals surface area contributed by atoms with Crippen molar-refractivity contribution in [1.82, 2.24) is 0 Å². The molecule has 1 unspecified atom stereocenters. The minimum Gasteiger partial charge on any atom is -0.106 e. The number of rotatable bonds is 2. The SMILES string of the molecule is CC1=C(CC2c3ccccc3-c3ccccc32)C2=CC3SC(Br)=CC3=C(C)C2=C1. The molecule has 2 aromatic rings. The Morgan fingerprint density at radius 1 is 0.862 bits per heavy atom. The predicted molar refractivity (Wildman–Crippen MR) is 128 cm³/mol. The van der Waals surface area contributed by atoms with E-state index in [4.69, 9.17) is 0 Å². The molecule has 142 valence electrons. The zero-order chi connectivity index (χ0) is 19.7. The van der Waals surface area contributed by atoms with E-state index in [9.17, 15) is 0 Å². The molecule has 2 heteroatoms. The summed E-state index contributed by atoms with van der Waals surface area (Å²) in [6.45, 7) is 4.58. The number of halogens is 1. The highest BCUT2D eigenvalue weighted by Crippen LogP contribution is 2.53. The fourth-order valence-electron chi connectivity index (χ4n) is 5.39. The van der Waals surface area contributed by atoms with Gasteiger partial charge in [0.2, 0.25) is 0 Å². The van der Waals surface area contributed by atoms with Crippen LogP contribution in [0, 0.1) is 0 Å². The van der Waals surface area contributed by atoms with Crippen molar-refractivity contribution < 1.29 is 0 Å². The van der Waals surface area contributed by atoms with Crippen LogP contribution in [0.5, 0.6) is 0 Å². The summed E-state index contributed by atoms with van der Waals surface area (Å²) in [6.07, 6.45) is 8.29. The summed E-state index contributed by atoms with van der Waals surface area (Å²) in [7, 11) is 0. The van der Waals surface area contributed by atoms with E-state index < -0.39 is 0 Å². The van der Waals surface area contributed by atoms with E-state index in [1.54, 1.807) is 0 Å². The number of benzene rings is 2. The van der Waals surface area contributed by atoms with Gasteiger partial charge in [-0.3, -0.25) is 0 Å². The highest BCUT2D eigenvalue weighted by atomic mass is 79.9. The average molecular weight is 457 g/mol. The number of thioether (sulfide) groups is 1. The summed E-state index contributed by atoms with van der Waals surface area (Å²) >= 11 is 5.62. The fraction of sp³-hybridized carbons (Fsp3) is 0.185. The van der Waals surface area contributed by atoms with E-state index >= 15 is 0 Å². The Labute approximate surface area is 184 Å². The molecule has 1 aliphatic heterocycles. The second-order valence-electron chi connectivity index (χ2n) is 8.30. The Morgan fingerprint density at radius 3 is 2.21 bits per heavy atom. The maximum atomic E-state index is 3.70. The minimum absolute atomic E-state index is 0.438. The van der Waals surface area contributed by atoms with Gasteiger partial charge in [0, 0.05) is 5.92 Å². The third-order valence-corrected chi connectivity index (χ3v) is 8.57. The van der Waals surface area contributed by atoms with Crippen LogP contribution in [-0.2, 0) is 0 Å². The van der Waals surface area contributed by atoms with Gasteiger partial charge in [-0.2, -0.15) is 0 Å². The monoisotopic (exact) mass is 456 g/mol. The molecule has 0 fully saturated rings. The van der Waals surface area contributed by atoms with Crippen molar-refractivity contribution in [3.63, 3.8) is 0 Å². The lowest BCUT2D eigenvalue weighted by Crippen LogP contribution is -2.11. The van der Waals surface area contributed by atoms with E-state index in [0.717, 1.165) is 6.42 Å². The summed E-state index contributed by atoms with van der Waals surface area (Å²) in [5.41, 5.74) is 14.5. The van der Waals surface area contributed by atoms with Gasteiger partial charge in [0.05, 0.1) is 9.06 Å². The molecular weight excluding hydrogens is 436 g/mol. The molecule has 0 aromatic heterocycles. The van der Waals surface area contributed by atoms with Crippen molar-refractivity contribution in [2.24, 2.45) is 0 Å². The van der Waals surface area contributed by atoms with Gasteiger partial charge in [-0.15, -0.1) is 11.8 Å². The molecule has 6 rings (SSSR count). The van der Waals surface area contributed by atoms with Crippen LogP contribution in [0.25, 0.3) is 11.1 Å². The molecule has 29 heavy (non-hydrogen) atoms. The van der Waals surface area contributed by atoms with Crippen molar-refractivity contribution in [3.8, 4) is 11.1 Å². The van der Waals surface area contributed by atoms with Crippen molar-refractivity contribution in [1.29, 1.82) is 0 Å². The van der Waals surface area contributed by atoms with Gasteiger partial charge in [-0.1, -0.05) is 60.7 Å². The molecule has 3 aliphatic carbocycles. The average Bonchev–Trinajstić information content (AvgIpc) is 3.36. The summed E-state index contributed by atoms with van der Waals surface area (Å²) in [5.74, 6) is 0.438. The van der Waals surface area contributed by atoms with Crippen molar-refractivity contribution in [2.45, 2.75) is 31.4 Å². The van der Waals surface area contributed by atoms with E-state index in [1.165, 1.54) is 59.5 Å². The molecule has 2 aromatic carbocycles. The summed E-state index contributed by atoms with van der Waals surface area (Å²) in [4.78, 5) is 0. The van der Waals surface area contributed by atoms with Crippen LogP contribution >= 0.6 is 27.7 Å². The number of allylic oxidation sites excluding steroid dienone is 7. The Hall–Kier alpha value is -2.03. The van der Waals surface area contributed by atoms with Crippen LogP contribution in [0.3, 0.4) is 0 Å². The molecule has 0 bridgehead atoms. The fourth-order valence-corrected chi connectivity index (χ4v) is 7.25. The molecule has 0 saturated carbocycles. The van der Waals surface area contributed by atoms with Gasteiger partial charge in [0.1, 0.15) is 0 Å². The third kappa shape index (κ3) is 2.59. The molecule has 0 spiro atoms. The maximum absolute atomic E-state index is 3.70. The second kappa shape index (κ2) is 6.48. The molecule has 1 heterocycles. The van der Waals surface area contributed by atoms with Crippen LogP contribution < -0.4 is 0 Å². The van der Waals surface area contributed by atoms with E-state index in [0.29, 0.717) is 11.2 Å². The van der Waals surface area contributed by atoms with Crippen molar-refractivity contribution >= 4 is 27.7 Å². The summed E-state index contributed by atoms with van der Waals surface area (Å²) in [5, 5.41) is 0.445. The maximum Gasteiger partial charge on any atom is 0.0542 e. The minimum atomic E-state index is 0.438. The Kier molecular flexibility index (Phi) is 3.98. The van der Waals surface area contributed by atoms with Crippen molar-refractivity contribution in [3.05, 3.63) is 115 Å². The lowest BCUT2D eigenvalue weighted by atomic mass is 9.82. The molecule has 4 aliphatic rings. The van der Waals surface area contributed by atoms with Gasteiger partial charge in [0.25, 0.3) is 0 Å². The topological polar surface area (TPSA) is 0 Å². The quantitative estimate of drug-likeness (QED) is 0.440. The summed E-state index contributed by atoms with van der Waals surface area (Å²) in [6, 6.07) is 17.9. The molecule has 0 radical (unpaired) electrons. The van der Waals surface area contributed by atoms with Crippen LogP contribution in [0.15, 0.2) is 104 Å². The third-order valence-electron chi connectivity index (χ3n) is 6.79. The number of fused-ring (bicyclic) bond motifs is 5. The zero-order valence-corrected chi connectivity index (χ0v) is 18.9.